The summed E-state index contributed by atoms with van der Waals surface area (Å²) >= 11 is 0. The maximum atomic E-state index is 12.4. The maximum absolute atomic E-state index is 12.4. The number of amides is 1. The molecule has 0 aliphatic rings. The van der Waals surface area contributed by atoms with E-state index >= 15 is 0 Å². The summed E-state index contributed by atoms with van der Waals surface area (Å²) in [6.07, 6.45) is 7.35. The Morgan fingerprint density at radius 1 is 0.889 bits per heavy atom. The van der Waals surface area contributed by atoms with Crippen LogP contribution in [0.25, 0.3) is 6.08 Å². The third kappa shape index (κ3) is 8.62. The molecule has 0 spiro atoms. The van der Waals surface area contributed by atoms with Crippen LogP contribution in [0.4, 0.5) is 5.69 Å². The van der Waals surface area contributed by atoms with Crippen LogP contribution in [0.15, 0.2) is 78.9 Å². The first-order valence-corrected chi connectivity index (χ1v) is 12.2. The first-order valence-electron chi connectivity index (χ1n) is 12.2. The van der Waals surface area contributed by atoms with Crippen LogP contribution in [0.3, 0.4) is 0 Å². The van der Waals surface area contributed by atoms with Crippen molar-refractivity contribution in [2.45, 2.75) is 39.2 Å². The van der Waals surface area contributed by atoms with Crippen molar-refractivity contribution >= 4 is 23.6 Å². The van der Waals surface area contributed by atoms with Crippen molar-refractivity contribution in [3.05, 3.63) is 95.6 Å². The lowest BCUT2D eigenvalue weighted by Gasteiger charge is -2.11. The number of hydrogen-bond acceptors (Lipinski definition) is 5. The fourth-order valence-electron chi connectivity index (χ4n) is 3.46. The van der Waals surface area contributed by atoms with E-state index in [1.165, 1.54) is 6.08 Å². The van der Waals surface area contributed by atoms with E-state index in [1.54, 1.807) is 37.5 Å². The summed E-state index contributed by atoms with van der Waals surface area (Å²) in [7, 11) is 1.58. The average Bonchev–Trinajstić information content (AvgIpc) is 2.91. The number of unbranched alkanes of at least 4 members (excludes halogenated alkanes) is 3. The van der Waals surface area contributed by atoms with Gasteiger partial charge in [0.25, 0.3) is 0 Å². The normalized spacial score (nSPS) is 10.7. The van der Waals surface area contributed by atoms with Crippen molar-refractivity contribution in [1.29, 1.82) is 0 Å². The Balaban J connectivity index is 1.50. The fraction of sp³-hybridized carbons (Fsp3) is 0.267. The van der Waals surface area contributed by atoms with Gasteiger partial charge in [0.1, 0.15) is 6.61 Å². The SMILES string of the molecule is CCCCCCOC(=O)c1ccc(NC(=O)/C=C/c2ccc(OCc3ccccc3)c(OC)c2)cc1. The largest absolute Gasteiger partial charge is 0.493 e. The average molecular weight is 488 g/mol. The van der Waals surface area contributed by atoms with Crippen molar-refractivity contribution < 1.29 is 23.8 Å². The van der Waals surface area contributed by atoms with Crippen molar-refractivity contribution in [1.82, 2.24) is 0 Å². The van der Waals surface area contributed by atoms with Gasteiger partial charge in [0, 0.05) is 11.8 Å². The molecule has 0 aliphatic heterocycles. The Labute approximate surface area is 212 Å². The smallest absolute Gasteiger partial charge is 0.338 e. The zero-order valence-corrected chi connectivity index (χ0v) is 20.9. The highest BCUT2D eigenvalue weighted by Gasteiger charge is 2.08. The number of carbonyl (C=O) groups is 2. The summed E-state index contributed by atoms with van der Waals surface area (Å²) in [5.41, 5.74) is 2.91. The van der Waals surface area contributed by atoms with Gasteiger partial charge in [-0.15, -0.1) is 0 Å². The second-order valence-corrected chi connectivity index (χ2v) is 8.28. The van der Waals surface area contributed by atoms with Crippen LogP contribution in [-0.2, 0) is 16.1 Å². The molecule has 6 heteroatoms. The molecule has 0 bridgehead atoms. The van der Waals surface area contributed by atoms with Gasteiger partial charge >= 0.3 is 5.97 Å². The van der Waals surface area contributed by atoms with Gasteiger partial charge < -0.3 is 19.5 Å². The third-order valence-corrected chi connectivity index (χ3v) is 5.47. The Bertz CT molecular complexity index is 1140. The van der Waals surface area contributed by atoms with E-state index < -0.39 is 0 Å². The molecule has 188 valence electrons. The highest BCUT2D eigenvalue weighted by molar-refractivity contribution is 6.02. The number of ether oxygens (including phenoxy) is 3. The van der Waals surface area contributed by atoms with E-state index in [0.717, 1.165) is 36.8 Å². The highest BCUT2D eigenvalue weighted by atomic mass is 16.5. The van der Waals surface area contributed by atoms with E-state index in [4.69, 9.17) is 14.2 Å². The molecule has 3 aromatic carbocycles. The van der Waals surface area contributed by atoms with Crippen molar-refractivity contribution in [3.63, 3.8) is 0 Å². The van der Waals surface area contributed by atoms with E-state index in [2.05, 4.69) is 12.2 Å². The predicted octanol–water partition coefficient (Wildman–Crippen LogP) is 6.66. The second-order valence-electron chi connectivity index (χ2n) is 8.28. The molecule has 0 saturated carbocycles. The summed E-state index contributed by atoms with van der Waals surface area (Å²) in [5.74, 6) is 0.572. The molecule has 6 nitrogen and oxygen atoms in total. The lowest BCUT2D eigenvalue weighted by Crippen LogP contribution is -2.09. The molecule has 0 fully saturated rings. The molecule has 0 radical (unpaired) electrons. The summed E-state index contributed by atoms with van der Waals surface area (Å²) < 4.78 is 16.6. The van der Waals surface area contributed by atoms with Crippen LogP contribution in [0.5, 0.6) is 11.5 Å². The Morgan fingerprint density at radius 2 is 1.67 bits per heavy atom. The van der Waals surface area contributed by atoms with E-state index in [1.807, 2.05) is 48.5 Å². The molecule has 0 aliphatic carbocycles. The maximum Gasteiger partial charge on any atom is 0.338 e. The summed E-state index contributed by atoms with van der Waals surface area (Å²) in [4.78, 5) is 24.5. The van der Waals surface area contributed by atoms with Crippen LogP contribution in [0.1, 0.15) is 54.1 Å². The molecule has 1 amide bonds. The quantitative estimate of drug-likeness (QED) is 0.166. The van der Waals surface area contributed by atoms with Crippen LogP contribution in [-0.4, -0.2) is 25.6 Å². The fourth-order valence-corrected chi connectivity index (χ4v) is 3.46. The third-order valence-electron chi connectivity index (χ3n) is 5.47. The van der Waals surface area contributed by atoms with Crippen molar-refractivity contribution in [2.24, 2.45) is 0 Å². The van der Waals surface area contributed by atoms with Crippen molar-refractivity contribution in [3.8, 4) is 11.5 Å². The summed E-state index contributed by atoms with van der Waals surface area (Å²) in [6, 6.07) is 22.0. The number of carbonyl (C=O) groups excluding carboxylic acids is 2. The van der Waals surface area contributed by atoms with Gasteiger partial charge in [-0.05, 0) is 60.0 Å². The standard InChI is InChI=1S/C30H33NO5/c1-3-4-5-9-20-35-30(33)25-14-16-26(17-15-25)31-29(32)19-13-23-12-18-27(28(21-23)34-2)36-22-24-10-7-6-8-11-24/h6-8,10-19,21H,3-5,9,20,22H2,1-2H3,(H,31,32)/b19-13+. The van der Waals surface area contributed by atoms with Crippen LogP contribution < -0.4 is 14.8 Å². The topological polar surface area (TPSA) is 73.9 Å². The number of nitrogens with one attached hydrogen (secondary N) is 1. The van der Waals surface area contributed by atoms with Crippen LogP contribution >= 0.6 is 0 Å². The lowest BCUT2D eigenvalue weighted by molar-refractivity contribution is -0.111. The van der Waals surface area contributed by atoms with E-state index in [9.17, 15) is 9.59 Å². The van der Waals surface area contributed by atoms with E-state index in [-0.39, 0.29) is 11.9 Å². The zero-order valence-electron chi connectivity index (χ0n) is 20.9. The van der Waals surface area contributed by atoms with Gasteiger partial charge in [0.05, 0.1) is 19.3 Å². The van der Waals surface area contributed by atoms with Gasteiger partial charge in [0.15, 0.2) is 11.5 Å². The first kappa shape index (κ1) is 26.5. The molecule has 0 unspecified atom stereocenters. The molecule has 0 heterocycles. The Kier molecular flexibility index (Phi) is 10.6. The van der Waals surface area contributed by atoms with Gasteiger partial charge in [-0.1, -0.05) is 62.6 Å². The van der Waals surface area contributed by atoms with Gasteiger partial charge in [-0.3, -0.25) is 4.79 Å². The molecule has 3 rings (SSSR count). The number of benzene rings is 3. The highest BCUT2D eigenvalue weighted by Crippen LogP contribution is 2.29. The van der Waals surface area contributed by atoms with Crippen molar-refractivity contribution in [2.75, 3.05) is 19.0 Å². The number of anilines is 1. The number of methoxy groups -OCH3 is 1. The predicted molar refractivity (Wildman–Crippen MR) is 142 cm³/mol. The zero-order chi connectivity index (χ0) is 25.6. The summed E-state index contributed by atoms with van der Waals surface area (Å²) in [6.45, 7) is 3.00. The number of rotatable bonds is 13. The molecular formula is C30H33NO5. The minimum atomic E-state index is -0.352. The van der Waals surface area contributed by atoms with Gasteiger partial charge in [0.2, 0.25) is 5.91 Å². The van der Waals surface area contributed by atoms with Gasteiger partial charge in [-0.25, -0.2) is 4.79 Å². The lowest BCUT2D eigenvalue weighted by atomic mass is 10.1. The number of esters is 1. The molecule has 3 aromatic rings. The minimum Gasteiger partial charge on any atom is -0.493 e. The first-order chi connectivity index (χ1) is 17.6. The minimum absolute atomic E-state index is 0.287. The molecule has 0 atom stereocenters. The molecule has 1 N–H and O–H groups in total. The molecule has 0 saturated heterocycles. The van der Waals surface area contributed by atoms with Gasteiger partial charge in [-0.2, -0.15) is 0 Å². The van der Waals surface area contributed by atoms with E-state index in [0.29, 0.717) is 36.0 Å². The Morgan fingerprint density at radius 3 is 2.39 bits per heavy atom. The summed E-state index contributed by atoms with van der Waals surface area (Å²) in [5, 5.41) is 2.79. The monoisotopic (exact) mass is 487 g/mol. The molecule has 36 heavy (non-hydrogen) atoms. The number of hydrogen-bond donors (Lipinski definition) is 1. The molecule has 0 aromatic heterocycles. The second kappa shape index (κ2) is 14.4. The Hall–Kier alpha value is -4.06. The van der Waals surface area contributed by atoms with Crippen LogP contribution in [0, 0.1) is 0 Å². The molecular weight excluding hydrogens is 454 g/mol. The van der Waals surface area contributed by atoms with Crippen LogP contribution in [0.2, 0.25) is 0 Å².